The Kier molecular flexibility index (Phi) is 5.83. The third-order valence-corrected chi connectivity index (χ3v) is 5.34. The lowest BCUT2D eigenvalue weighted by Crippen LogP contribution is -2.47. The molecule has 146 valence electrons. The number of rotatable bonds is 9. The first-order valence-electron chi connectivity index (χ1n) is 8.93. The molecule has 1 aliphatic rings. The van der Waals surface area contributed by atoms with Crippen molar-refractivity contribution in [3.63, 3.8) is 0 Å². The zero-order valence-corrected chi connectivity index (χ0v) is 16.6. The molecule has 1 atom stereocenters. The molecule has 0 saturated heterocycles. The van der Waals surface area contributed by atoms with Gasteiger partial charge in [0.1, 0.15) is 18.3 Å². The lowest BCUT2D eigenvalue weighted by atomic mass is 9.72. The number of hydrogen-bond donors (Lipinski definition) is 1. The van der Waals surface area contributed by atoms with Crippen LogP contribution in [0.3, 0.4) is 0 Å². The average Bonchev–Trinajstić information content (AvgIpc) is 3.29. The minimum absolute atomic E-state index is 0.0642. The number of ether oxygens (including phenoxy) is 1. The molecular weight excluding hydrogens is 368 g/mol. The van der Waals surface area contributed by atoms with E-state index in [-0.39, 0.29) is 19.3 Å². The van der Waals surface area contributed by atoms with Gasteiger partial charge in [-0.2, -0.15) is 5.10 Å². The molecule has 0 radical (unpaired) electrons. The molecule has 1 unspecified atom stereocenters. The Morgan fingerprint density at radius 1 is 1.37 bits per heavy atom. The molecule has 0 bridgehead atoms. The van der Waals surface area contributed by atoms with Crippen LogP contribution in [0, 0.1) is 11.3 Å². The Labute approximate surface area is 163 Å². The molecule has 1 aromatic heterocycles. The van der Waals surface area contributed by atoms with Crippen molar-refractivity contribution in [1.29, 1.82) is 0 Å². The average molecular weight is 393 g/mol. The first-order valence-corrected chi connectivity index (χ1v) is 9.31. The van der Waals surface area contributed by atoms with Gasteiger partial charge in [0.05, 0.1) is 12.3 Å². The fraction of sp³-hybridized carbons (Fsp3) is 0.526. The lowest BCUT2D eigenvalue weighted by Gasteiger charge is -2.38. The minimum Gasteiger partial charge on any atom is -0.382 e. The van der Waals surface area contributed by atoms with Gasteiger partial charge in [-0.1, -0.05) is 42.7 Å². The molecule has 3 rings (SSSR count). The summed E-state index contributed by atoms with van der Waals surface area (Å²) >= 11 is 6.07. The maximum atomic E-state index is 12.0. The zero-order chi connectivity index (χ0) is 19.5. The number of methoxy groups -OCH3 is 1. The highest BCUT2D eigenvalue weighted by molar-refractivity contribution is 6.30. The van der Waals surface area contributed by atoms with E-state index in [0.29, 0.717) is 5.02 Å². The molecule has 1 fully saturated rings. The van der Waals surface area contributed by atoms with Crippen LogP contribution in [0.1, 0.15) is 32.3 Å². The molecule has 1 aliphatic carbocycles. The third-order valence-electron chi connectivity index (χ3n) is 5.09. The largest absolute Gasteiger partial charge is 0.382 e. The normalized spacial score (nSPS) is 18.4. The summed E-state index contributed by atoms with van der Waals surface area (Å²) in [6.45, 7) is 4.42. The summed E-state index contributed by atoms with van der Waals surface area (Å²) in [5, 5.41) is 21.2. The highest BCUT2D eigenvalue weighted by atomic mass is 35.5. The van der Waals surface area contributed by atoms with Crippen LogP contribution in [0.25, 0.3) is 0 Å². The number of nitrogens with zero attached hydrogens (tertiary/aromatic N) is 4. The molecule has 2 aromatic rings. The summed E-state index contributed by atoms with van der Waals surface area (Å²) in [5.41, 5.74) is -0.198. The Morgan fingerprint density at radius 2 is 2.07 bits per heavy atom. The van der Waals surface area contributed by atoms with Gasteiger partial charge in [-0.15, -0.1) is 0 Å². The van der Waals surface area contributed by atoms with E-state index in [9.17, 15) is 5.11 Å². The standard InChI is InChI=1S/C19H25ClN4O3/c1-14(2)17(23-27-13-26-3)18(8-9-18)19(25,10-24-12-21-11-22-24)15-4-6-16(20)7-5-15/h4-7,11-12,14,25H,8-10,13H2,1-3H3/b23-17+. The topological polar surface area (TPSA) is 81.8 Å². The molecule has 1 aromatic carbocycles. The van der Waals surface area contributed by atoms with Gasteiger partial charge in [-0.25, -0.2) is 9.67 Å². The predicted molar refractivity (Wildman–Crippen MR) is 102 cm³/mol. The van der Waals surface area contributed by atoms with Gasteiger partial charge in [0.25, 0.3) is 0 Å². The molecule has 27 heavy (non-hydrogen) atoms. The van der Waals surface area contributed by atoms with Crippen LogP contribution >= 0.6 is 11.6 Å². The SMILES string of the molecule is COCO/N=C(\C(C)C)C1(C(O)(Cn2cncn2)c2ccc(Cl)cc2)CC1. The summed E-state index contributed by atoms with van der Waals surface area (Å²) in [6, 6.07) is 7.28. The van der Waals surface area contributed by atoms with Gasteiger partial charge < -0.3 is 14.7 Å². The van der Waals surface area contributed by atoms with E-state index < -0.39 is 11.0 Å². The van der Waals surface area contributed by atoms with Crippen LogP contribution in [0.2, 0.25) is 5.02 Å². The van der Waals surface area contributed by atoms with E-state index >= 15 is 0 Å². The van der Waals surface area contributed by atoms with E-state index in [1.54, 1.807) is 30.3 Å². The van der Waals surface area contributed by atoms with Crippen LogP contribution in [0.5, 0.6) is 0 Å². The monoisotopic (exact) mass is 392 g/mol. The van der Waals surface area contributed by atoms with Gasteiger partial charge in [0, 0.05) is 17.5 Å². The van der Waals surface area contributed by atoms with E-state index in [4.69, 9.17) is 21.2 Å². The van der Waals surface area contributed by atoms with Crippen LogP contribution in [0.15, 0.2) is 42.1 Å². The van der Waals surface area contributed by atoms with Crippen molar-refractivity contribution >= 4 is 17.3 Å². The third kappa shape index (κ3) is 3.85. The Morgan fingerprint density at radius 3 is 2.59 bits per heavy atom. The van der Waals surface area contributed by atoms with Crippen LogP contribution in [-0.4, -0.2) is 39.5 Å². The number of aromatic nitrogens is 3. The van der Waals surface area contributed by atoms with Crippen molar-refractivity contribution < 1.29 is 14.7 Å². The summed E-state index contributed by atoms with van der Waals surface area (Å²) in [5.74, 6) is 0.0962. The second-order valence-electron chi connectivity index (χ2n) is 7.21. The molecule has 1 saturated carbocycles. The second kappa shape index (κ2) is 7.96. The van der Waals surface area contributed by atoms with E-state index in [1.807, 2.05) is 26.0 Å². The van der Waals surface area contributed by atoms with Crippen molar-refractivity contribution in [1.82, 2.24) is 14.8 Å². The van der Waals surface area contributed by atoms with Gasteiger partial charge in [0.15, 0.2) is 0 Å². The molecular formula is C19H25ClN4O3. The van der Waals surface area contributed by atoms with Crippen molar-refractivity contribution in [3.8, 4) is 0 Å². The second-order valence-corrected chi connectivity index (χ2v) is 7.65. The molecule has 0 amide bonds. The molecule has 0 spiro atoms. The fourth-order valence-corrected chi connectivity index (χ4v) is 3.82. The zero-order valence-electron chi connectivity index (χ0n) is 15.8. The van der Waals surface area contributed by atoms with Gasteiger partial charge in [-0.05, 0) is 36.5 Å². The molecule has 0 aliphatic heterocycles. The summed E-state index contributed by atoms with van der Waals surface area (Å²) in [4.78, 5) is 9.32. The highest BCUT2D eigenvalue weighted by Crippen LogP contribution is 2.61. The minimum atomic E-state index is -1.23. The quantitative estimate of drug-likeness (QED) is 0.306. The smallest absolute Gasteiger partial charge is 0.216 e. The van der Waals surface area contributed by atoms with Crippen molar-refractivity contribution in [2.45, 2.75) is 38.8 Å². The van der Waals surface area contributed by atoms with Crippen molar-refractivity contribution in [2.24, 2.45) is 16.5 Å². The Hall–Kier alpha value is -1.96. The summed E-state index contributed by atoms with van der Waals surface area (Å²) in [7, 11) is 1.55. The predicted octanol–water partition coefficient (Wildman–Crippen LogP) is 3.23. The summed E-state index contributed by atoms with van der Waals surface area (Å²) < 4.78 is 6.59. The van der Waals surface area contributed by atoms with Crippen LogP contribution in [0.4, 0.5) is 0 Å². The summed E-state index contributed by atoms with van der Waals surface area (Å²) in [6.07, 6.45) is 4.66. The van der Waals surface area contributed by atoms with E-state index in [0.717, 1.165) is 24.1 Å². The number of benzene rings is 1. The van der Waals surface area contributed by atoms with E-state index in [2.05, 4.69) is 15.2 Å². The van der Waals surface area contributed by atoms with Gasteiger partial charge >= 0.3 is 0 Å². The molecule has 8 heteroatoms. The highest BCUT2D eigenvalue weighted by Gasteiger charge is 2.63. The molecule has 1 heterocycles. The Balaban J connectivity index is 2.05. The number of halogens is 1. The first-order chi connectivity index (χ1) is 12.9. The van der Waals surface area contributed by atoms with E-state index in [1.165, 1.54) is 6.33 Å². The van der Waals surface area contributed by atoms with Crippen LogP contribution < -0.4 is 0 Å². The van der Waals surface area contributed by atoms with Crippen LogP contribution in [-0.2, 0) is 21.7 Å². The van der Waals surface area contributed by atoms with Gasteiger partial charge in [-0.3, -0.25) is 0 Å². The lowest BCUT2D eigenvalue weighted by molar-refractivity contribution is -0.0439. The fourth-order valence-electron chi connectivity index (χ4n) is 3.69. The maximum absolute atomic E-state index is 12.0. The van der Waals surface area contributed by atoms with Gasteiger partial charge in [0.2, 0.25) is 6.79 Å². The number of aliphatic hydroxyl groups is 1. The first kappa shape index (κ1) is 19.8. The maximum Gasteiger partial charge on any atom is 0.216 e. The van der Waals surface area contributed by atoms with Crippen molar-refractivity contribution in [3.05, 3.63) is 47.5 Å². The Bertz CT molecular complexity index is 773. The molecule has 7 nitrogen and oxygen atoms in total. The number of hydrogen-bond acceptors (Lipinski definition) is 6. The van der Waals surface area contributed by atoms with Crippen molar-refractivity contribution in [2.75, 3.05) is 13.9 Å². The molecule has 1 N–H and O–H groups in total. The number of oxime groups is 1.